The third kappa shape index (κ3) is 2.54. The van der Waals surface area contributed by atoms with Crippen molar-refractivity contribution < 1.29 is 0 Å². The maximum absolute atomic E-state index is 7.28. The molecule has 0 aliphatic carbocycles. The highest BCUT2D eigenvalue weighted by molar-refractivity contribution is 5.92. The largest absolute Gasteiger partial charge is 0.382 e. The predicted molar refractivity (Wildman–Crippen MR) is 68.3 cm³/mol. The summed E-state index contributed by atoms with van der Waals surface area (Å²) in [6.07, 6.45) is 5.67. The van der Waals surface area contributed by atoms with E-state index in [1.54, 1.807) is 12.4 Å². The first-order valence-electron chi connectivity index (χ1n) is 6.01. The Morgan fingerprint density at radius 1 is 1.41 bits per heavy atom. The van der Waals surface area contributed by atoms with E-state index >= 15 is 0 Å². The molecule has 0 saturated carbocycles. The van der Waals surface area contributed by atoms with Crippen LogP contribution in [0.4, 0.5) is 5.82 Å². The summed E-state index contributed by atoms with van der Waals surface area (Å²) in [6, 6.07) is 0.497. The average molecular weight is 233 g/mol. The van der Waals surface area contributed by atoms with E-state index in [9.17, 15) is 0 Å². The molecule has 0 spiro atoms. The zero-order valence-corrected chi connectivity index (χ0v) is 10.3. The van der Waals surface area contributed by atoms with Crippen LogP contribution in [-0.4, -0.2) is 28.4 Å². The number of anilines is 1. The van der Waals surface area contributed by atoms with Crippen molar-refractivity contribution in [1.82, 2.24) is 9.97 Å². The lowest BCUT2D eigenvalue weighted by atomic mass is 9.93. The number of rotatable bonds is 2. The molecule has 1 aromatic rings. The summed E-state index contributed by atoms with van der Waals surface area (Å²) in [5, 5.41) is 7.28. The summed E-state index contributed by atoms with van der Waals surface area (Å²) in [4.78, 5) is 10.8. The SMILES string of the molecule is CC1CCN(c2cnc(C(=N)N)cn2)C(C)C1. The zero-order valence-electron chi connectivity index (χ0n) is 10.3. The summed E-state index contributed by atoms with van der Waals surface area (Å²) >= 11 is 0. The van der Waals surface area contributed by atoms with Gasteiger partial charge in [-0.05, 0) is 25.7 Å². The van der Waals surface area contributed by atoms with Crippen molar-refractivity contribution in [3.63, 3.8) is 0 Å². The molecule has 2 heterocycles. The van der Waals surface area contributed by atoms with Gasteiger partial charge in [0, 0.05) is 12.6 Å². The molecule has 0 radical (unpaired) electrons. The number of nitrogens with one attached hydrogen (secondary N) is 1. The van der Waals surface area contributed by atoms with Crippen molar-refractivity contribution in [1.29, 1.82) is 5.41 Å². The minimum absolute atomic E-state index is 0.0376. The standard InChI is InChI=1S/C12H19N5/c1-8-3-4-17(9(2)5-8)11-7-15-10(6-16-11)12(13)14/h6-9H,3-5H2,1-2H3,(H3,13,14). The van der Waals surface area contributed by atoms with Crippen molar-refractivity contribution in [2.24, 2.45) is 11.7 Å². The van der Waals surface area contributed by atoms with Gasteiger partial charge >= 0.3 is 0 Å². The summed E-state index contributed by atoms with van der Waals surface area (Å²) in [7, 11) is 0. The molecule has 2 unspecified atom stereocenters. The number of amidine groups is 1. The lowest BCUT2D eigenvalue weighted by Crippen LogP contribution is -2.40. The Morgan fingerprint density at radius 2 is 2.18 bits per heavy atom. The fourth-order valence-corrected chi connectivity index (χ4v) is 2.36. The molecule has 92 valence electrons. The van der Waals surface area contributed by atoms with E-state index < -0.39 is 0 Å². The van der Waals surface area contributed by atoms with Crippen LogP contribution in [0, 0.1) is 11.3 Å². The van der Waals surface area contributed by atoms with Crippen LogP contribution < -0.4 is 10.6 Å². The molecule has 1 aliphatic rings. The van der Waals surface area contributed by atoms with Crippen LogP contribution >= 0.6 is 0 Å². The van der Waals surface area contributed by atoms with E-state index in [4.69, 9.17) is 11.1 Å². The van der Waals surface area contributed by atoms with Gasteiger partial charge in [-0.25, -0.2) is 9.97 Å². The maximum atomic E-state index is 7.28. The second-order valence-corrected chi connectivity index (χ2v) is 4.85. The molecular weight excluding hydrogens is 214 g/mol. The fraction of sp³-hybridized carbons (Fsp3) is 0.583. The molecule has 5 heteroatoms. The zero-order chi connectivity index (χ0) is 12.4. The topological polar surface area (TPSA) is 78.9 Å². The first kappa shape index (κ1) is 11.8. The van der Waals surface area contributed by atoms with E-state index in [2.05, 4.69) is 28.7 Å². The number of nitrogens with two attached hydrogens (primary N) is 1. The van der Waals surface area contributed by atoms with Crippen LogP contribution in [0.1, 0.15) is 32.4 Å². The summed E-state index contributed by atoms with van der Waals surface area (Å²) in [5.41, 5.74) is 5.79. The Morgan fingerprint density at radius 3 is 2.71 bits per heavy atom. The van der Waals surface area contributed by atoms with Gasteiger partial charge < -0.3 is 10.6 Å². The molecule has 2 rings (SSSR count). The van der Waals surface area contributed by atoms with Gasteiger partial charge in [-0.3, -0.25) is 5.41 Å². The number of hydrogen-bond donors (Lipinski definition) is 2. The molecule has 1 saturated heterocycles. The van der Waals surface area contributed by atoms with Gasteiger partial charge in [0.1, 0.15) is 17.3 Å². The smallest absolute Gasteiger partial charge is 0.147 e. The molecule has 0 amide bonds. The predicted octanol–water partition coefficient (Wildman–Crippen LogP) is 1.39. The van der Waals surface area contributed by atoms with Crippen molar-refractivity contribution in [2.45, 2.75) is 32.7 Å². The van der Waals surface area contributed by atoms with Gasteiger partial charge in [0.15, 0.2) is 0 Å². The summed E-state index contributed by atoms with van der Waals surface area (Å²) < 4.78 is 0. The maximum Gasteiger partial charge on any atom is 0.147 e. The second kappa shape index (κ2) is 4.69. The molecule has 17 heavy (non-hydrogen) atoms. The number of hydrogen-bond acceptors (Lipinski definition) is 4. The molecule has 0 bridgehead atoms. The summed E-state index contributed by atoms with van der Waals surface area (Å²) in [6.45, 7) is 5.53. The Labute approximate surface area is 102 Å². The van der Waals surface area contributed by atoms with Crippen LogP contribution in [0.25, 0.3) is 0 Å². The van der Waals surface area contributed by atoms with Crippen molar-refractivity contribution in [3.8, 4) is 0 Å². The van der Waals surface area contributed by atoms with E-state index in [0.29, 0.717) is 11.7 Å². The van der Waals surface area contributed by atoms with Gasteiger partial charge in [-0.1, -0.05) is 6.92 Å². The van der Waals surface area contributed by atoms with Crippen LogP contribution in [0.2, 0.25) is 0 Å². The number of nitrogen functional groups attached to an aromatic ring is 1. The molecule has 1 aliphatic heterocycles. The van der Waals surface area contributed by atoms with Crippen LogP contribution in [0.15, 0.2) is 12.4 Å². The van der Waals surface area contributed by atoms with Gasteiger partial charge in [0.2, 0.25) is 0 Å². The van der Waals surface area contributed by atoms with Gasteiger partial charge in [0.05, 0.1) is 12.4 Å². The third-order valence-electron chi connectivity index (χ3n) is 3.35. The van der Waals surface area contributed by atoms with E-state index in [1.807, 2.05) is 0 Å². The molecule has 0 aromatic carbocycles. The van der Waals surface area contributed by atoms with Crippen molar-refractivity contribution in [3.05, 3.63) is 18.1 Å². The Hall–Kier alpha value is -1.65. The van der Waals surface area contributed by atoms with Gasteiger partial charge in [-0.15, -0.1) is 0 Å². The molecular formula is C12H19N5. The van der Waals surface area contributed by atoms with Crippen molar-refractivity contribution >= 4 is 11.7 Å². The van der Waals surface area contributed by atoms with E-state index in [1.165, 1.54) is 12.8 Å². The minimum Gasteiger partial charge on any atom is -0.382 e. The van der Waals surface area contributed by atoms with E-state index in [0.717, 1.165) is 18.3 Å². The minimum atomic E-state index is -0.0376. The fourth-order valence-electron chi connectivity index (χ4n) is 2.36. The van der Waals surface area contributed by atoms with Gasteiger partial charge in [0.25, 0.3) is 0 Å². The molecule has 2 atom stereocenters. The monoisotopic (exact) mass is 233 g/mol. The molecule has 5 nitrogen and oxygen atoms in total. The highest BCUT2D eigenvalue weighted by atomic mass is 15.2. The average Bonchev–Trinajstić information content (AvgIpc) is 2.29. The second-order valence-electron chi connectivity index (χ2n) is 4.85. The van der Waals surface area contributed by atoms with Crippen LogP contribution in [0.3, 0.4) is 0 Å². The highest BCUT2D eigenvalue weighted by Gasteiger charge is 2.23. The van der Waals surface area contributed by atoms with E-state index in [-0.39, 0.29) is 5.84 Å². The van der Waals surface area contributed by atoms with Crippen molar-refractivity contribution in [2.75, 3.05) is 11.4 Å². The molecule has 1 fully saturated rings. The number of nitrogens with zero attached hydrogens (tertiary/aromatic N) is 3. The Balaban J connectivity index is 2.14. The molecule has 3 N–H and O–H groups in total. The quantitative estimate of drug-likeness (QED) is 0.597. The number of piperidine rings is 1. The lowest BCUT2D eigenvalue weighted by molar-refractivity contribution is 0.376. The Bertz CT molecular complexity index is 400. The van der Waals surface area contributed by atoms with Crippen LogP contribution in [-0.2, 0) is 0 Å². The normalized spacial score (nSPS) is 24.7. The van der Waals surface area contributed by atoms with Crippen LogP contribution in [0.5, 0.6) is 0 Å². The highest BCUT2D eigenvalue weighted by Crippen LogP contribution is 2.25. The first-order valence-corrected chi connectivity index (χ1v) is 6.01. The third-order valence-corrected chi connectivity index (χ3v) is 3.35. The first-order chi connectivity index (χ1) is 8.08. The lowest BCUT2D eigenvalue weighted by Gasteiger charge is -2.37. The summed E-state index contributed by atoms with van der Waals surface area (Å²) in [5.74, 6) is 1.63. The Kier molecular flexibility index (Phi) is 3.26. The van der Waals surface area contributed by atoms with Gasteiger partial charge in [-0.2, -0.15) is 0 Å². The number of aromatic nitrogens is 2. The molecule has 1 aromatic heterocycles.